The number of benzene rings is 1. The number of carbonyl (C=O) groups is 3. The summed E-state index contributed by atoms with van der Waals surface area (Å²) < 4.78 is 6.84. The van der Waals surface area contributed by atoms with Crippen LogP contribution in [0.4, 0.5) is 5.69 Å². The molecule has 0 aliphatic heterocycles. The molecule has 11 heteroatoms. The van der Waals surface area contributed by atoms with E-state index >= 15 is 0 Å². The maximum absolute atomic E-state index is 13.5. The summed E-state index contributed by atoms with van der Waals surface area (Å²) in [5.41, 5.74) is 4.92. The lowest BCUT2D eigenvalue weighted by Gasteiger charge is -2.30. The summed E-state index contributed by atoms with van der Waals surface area (Å²) in [4.78, 5) is 37.4. The molecule has 11 nitrogen and oxygen atoms in total. The molecule has 0 unspecified atom stereocenters. The molecule has 2 aromatic heterocycles. The number of carboxylic acids is 1. The number of aromatic amines is 1. The van der Waals surface area contributed by atoms with Crippen molar-refractivity contribution in [3.8, 4) is 11.1 Å². The van der Waals surface area contributed by atoms with Crippen molar-refractivity contribution in [2.75, 3.05) is 18.5 Å². The number of ether oxygens (including phenoxy) is 1. The number of H-pyrrole nitrogens is 1. The third-order valence-electron chi connectivity index (χ3n) is 7.12. The highest BCUT2D eigenvalue weighted by Crippen LogP contribution is 2.29. The Bertz CT molecular complexity index is 1260. The van der Waals surface area contributed by atoms with E-state index in [1.165, 1.54) is 10.9 Å². The standard InChI is InChI=1S/C28H36N6O5/c1-18-25(19(2)33-32-18)20-8-10-22(11-9-20)30-28(38)26(21-6-4-3-5-7-21)31-27(37)23-12-14-29-34(23)15-17-39-16-13-24(35)36/h8-12,14,21,26H,3-7,13,15-17H2,1-2H3,(H,30,38)(H,31,37)(H,32,33)(H,35,36)/t26-/m0/s1. The number of nitrogens with one attached hydrogen (secondary N) is 3. The molecule has 0 spiro atoms. The lowest BCUT2D eigenvalue weighted by molar-refractivity contribution is -0.138. The highest BCUT2D eigenvalue weighted by molar-refractivity contribution is 6.00. The molecule has 1 saturated carbocycles. The number of amides is 2. The van der Waals surface area contributed by atoms with Gasteiger partial charge in [0.05, 0.1) is 31.9 Å². The Hall–Kier alpha value is -3.99. The second-order valence-electron chi connectivity index (χ2n) is 9.92. The van der Waals surface area contributed by atoms with E-state index in [1.54, 1.807) is 6.07 Å². The summed E-state index contributed by atoms with van der Waals surface area (Å²) in [5.74, 6) is -1.53. The molecule has 3 aromatic rings. The molecule has 1 aliphatic carbocycles. The summed E-state index contributed by atoms with van der Waals surface area (Å²) >= 11 is 0. The van der Waals surface area contributed by atoms with Crippen LogP contribution in [0.15, 0.2) is 36.5 Å². The molecule has 208 valence electrons. The molecule has 1 aromatic carbocycles. The molecule has 1 aliphatic rings. The maximum Gasteiger partial charge on any atom is 0.305 e. The van der Waals surface area contributed by atoms with E-state index in [4.69, 9.17) is 9.84 Å². The molecule has 0 bridgehead atoms. The zero-order valence-corrected chi connectivity index (χ0v) is 22.4. The van der Waals surface area contributed by atoms with Crippen molar-refractivity contribution in [2.24, 2.45) is 5.92 Å². The van der Waals surface area contributed by atoms with Crippen LogP contribution in [0.25, 0.3) is 11.1 Å². The van der Waals surface area contributed by atoms with Gasteiger partial charge < -0.3 is 20.5 Å². The molecule has 0 radical (unpaired) electrons. The van der Waals surface area contributed by atoms with Crippen LogP contribution in [0.2, 0.25) is 0 Å². The Balaban J connectivity index is 1.42. The van der Waals surface area contributed by atoms with Gasteiger partial charge in [-0.3, -0.25) is 24.2 Å². The number of aromatic nitrogens is 4. The monoisotopic (exact) mass is 536 g/mol. The van der Waals surface area contributed by atoms with Gasteiger partial charge in [-0.2, -0.15) is 10.2 Å². The molecule has 0 saturated heterocycles. The van der Waals surface area contributed by atoms with Gasteiger partial charge in [0.2, 0.25) is 5.91 Å². The van der Waals surface area contributed by atoms with E-state index in [2.05, 4.69) is 25.9 Å². The average Bonchev–Trinajstić information content (AvgIpc) is 3.53. The van der Waals surface area contributed by atoms with Crippen LogP contribution in [0.1, 0.15) is 60.4 Å². The third-order valence-corrected chi connectivity index (χ3v) is 7.12. The summed E-state index contributed by atoms with van der Waals surface area (Å²) in [7, 11) is 0. The van der Waals surface area contributed by atoms with Crippen LogP contribution in [0, 0.1) is 19.8 Å². The van der Waals surface area contributed by atoms with Gasteiger partial charge in [0.25, 0.3) is 5.91 Å². The smallest absolute Gasteiger partial charge is 0.305 e. The largest absolute Gasteiger partial charge is 0.481 e. The second kappa shape index (κ2) is 13.2. The number of rotatable bonds is 12. The van der Waals surface area contributed by atoms with Crippen LogP contribution < -0.4 is 10.6 Å². The van der Waals surface area contributed by atoms with Crippen molar-refractivity contribution < 1.29 is 24.2 Å². The predicted octanol–water partition coefficient (Wildman–Crippen LogP) is 3.70. The fourth-order valence-corrected chi connectivity index (χ4v) is 5.11. The molecule has 4 rings (SSSR count). The summed E-state index contributed by atoms with van der Waals surface area (Å²) in [6.45, 7) is 4.52. The number of carbonyl (C=O) groups excluding carboxylic acids is 2. The number of hydrogen-bond acceptors (Lipinski definition) is 6. The topological polar surface area (TPSA) is 151 Å². The van der Waals surface area contributed by atoms with Crippen LogP contribution in [-0.4, -0.2) is 62.1 Å². The van der Waals surface area contributed by atoms with Crippen molar-refractivity contribution in [1.29, 1.82) is 0 Å². The molecule has 2 heterocycles. The van der Waals surface area contributed by atoms with Crippen LogP contribution >= 0.6 is 0 Å². The minimum absolute atomic E-state index is 0.0360. The maximum atomic E-state index is 13.5. The Morgan fingerprint density at radius 3 is 2.51 bits per heavy atom. The number of carboxylic acid groups (broad SMARTS) is 1. The zero-order valence-electron chi connectivity index (χ0n) is 22.4. The van der Waals surface area contributed by atoms with Crippen LogP contribution in [-0.2, 0) is 20.9 Å². The van der Waals surface area contributed by atoms with E-state index < -0.39 is 12.0 Å². The highest BCUT2D eigenvalue weighted by Gasteiger charge is 2.32. The Labute approximate surface area is 227 Å². The summed E-state index contributed by atoms with van der Waals surface area (Å²) in [6, 6.07) is 8.53. The van der Waals surface area contributed by atoms with Gasteiger partial charge in [0.15, 0.2) is 0 Å². The average molecular weight is 537 g/mol. The zero-order chi connectivity index (χ0) is 27.8. The van der Waals surface area contributed by atoms with Crippen molar-refractivity contribution in [1.82, 2.24) is 25.3 Å². The third kappa shape index (κ3) is 7.32. The Kier molecular flexibility index (Phi) is 9.48. The molecular weight excluding hydrogens is 500 g/mol. The van der Waals surface area contributed by atoms with E-state index in [1.807, 2.05) is 38.1 Å². The second-order valence-corrected chi connectivity index (χ2v) is 9.92. The van der Waals surface area contributed by atoms with Crippen LogP contribution in [0.5, 0.6) is 0 Å². The molecule has 39 heavy (non-hydrogen) atoms. The van der Waals surface area contributed by atoms with Gasteiger partial charge >= 0.3 is 5.97 Å². The Morgan fingerprint density at radius 1 is 1.10 bits per heavy atom. The first-order valence-electron chi connectivity index (χ1n) is 13.4. The first-order chi connectivity index (χ1) is 18.8. The van der Waals surface area contributed by atoms with E-state index in [0.29, 0.717) is 11.4 Å². The molecule has 1 fully saturated rings. The van der Waals surface area contributed by atoms with Crippen molar-refractivity contribution >= 4 is 23.5 Å². The van der Waals surface area contributed by atoms with Crippen LogP contribution in [0.3, 0.4) is 0 Å². The lowest BCUT2D eigenvalue weighted by Crippen LogP contribution is -2.49. The van der Waals surface area contributed by atoms with Gasteiger partial charge in [0.1, 0.15) is 11.7 Å². The quantitative estimate of drug-likeness (QED) is 0.258. The number of nitrogens with zero attached hydrogens (tertiary/aromatic N) is 3. The Morgan fingerprint density at radius 2 is 1.85 bits per heavy atom. The molecule has 2 amide bonds. The minimum atomic E-state index is -0.930. The number of anilines is 1. The van der Waals surface area contributed by atoms with Gasteiger partial charge in [-0.1, -0.05) is 31.4 Å². The predicted molar refractivity (Wildman–Crippen MR) is 145 cm³/mol. The molecule has 1 atom stereocenters. The van der Waals surface area contributed by atoms with E-state index in [-0.39, 0.29) is 43.9 Å². The fraction of sp³-hybridized carbons (Fsp3) is 0.464. The number of aryl methyl sites for hydroxylation is 2. The van der Waals surface area contributed by atoms with Crippen molar-refractivity contribution in [3.05, 3.63) is 53.6 Å². The number of hydrogen-bond donors (Lipinski definition) is 4. The van der Waals surface area contributed by atoms with Gasteiger partial charge in [-0.15, -0.1) is 0 Å². The number of aliphatic carboxylic acids is 1. The minimum Gasteiger partial charge on any atom is -0.481 e. The molecule has 4 N–H and O–H groups in total. The first-order valence-corrected chi connectivity index (χ1v) is 13.4. The van der Waals surface area contributed by atoms with E-state index in [0.717, 1.165) is 54.6 Å². The highest BCUT2D eigenvalue weighted by atomic mass is 16.5. The van der Waals surface area contributed by atoms with E-state index in [9.17, 15) is 14.4 Å². The lowest BCUT2D eigenvalue weighted by atomic mass is 9.83. The normalized spacial score (nSPS) is 14.6. The van der Waals surface area contributed by atoms with Crippen molar-refractivity contribution in [3.63, 3.8) is 0 Å². The first kappa shape index (κ1) is 28.0. The molecular formula is C28H36N6O5. The van der Waals surface area contributed by atoms with Gasteiger partial charge in [-0.25, -0.2) is 0 Å². The van der Waals surface area contributed by atoms with Gasteiger partial charge in [-0.05, 0) is 56.4 Å². The van der Waals surface area contributed by atoms with Gasteiger partial charge in [0, 0.05) is 23.1 Å². The SMILES string of the molecule is Cc1n[nH]c(C)c1-c1ccc(NC(=O)[C@@H](NC(=O)c2ccnn2CCOCCC(=O)O)C2CCCCC2)cc1. The summed E-state index contributed by atoms with van der Waals surface area (Å²) in [5, 5.41) is 26.1. The van der Waals surface area contributed by atoms with Crippen molar-refractivity contribution in [2.45, 2.75) is 65.0 Å². The summed E-state index contributed by atoms with van der Waals surface area (Å²) in [6.07, 6.45) is 6.34. The fourth-order valence-electron chi connectivity index (χ4n) is 5.11.